The molecule has 0 heterocycles. The van der Waals surface area contributed by atoms with Gasteiger partial charge >= 0.3 is 8.56 Å². The Kier molecular flexibility index (Phi) is 6.74. The first-order chi connectivity index (χ1) is 8.59. The maximum Gasteiger partial charge on any atom is 0.334 e. The number of nitrogens with one attached hydrogen (secondary N) is 1. The second-order valence-corrected chi connectivity index (χ2v) is 8.18. The number of hydrogen-bond acceptors (Lipinski definition) is 4. The molecule has 0 aromatic heterocycles. The zero-order valence-corrected chi connectivity index (χ0v) is 12.9. The van der Waals surface area contributed by atoms with E-state index in [2.05, 4.69) is 11.5 Å². The lowest BCUT2D eigenvalue weighted by atomic mass is 10.3. The van der Waals surface area contributed by atoms with Crippen molar-refractivity contribution >= 4 is 20.0 Å². The fourth-order valence-electron chi connectivity index (χ4n) is 2.29. The second-order valence-electron chi connectivity index (χ2n) is 4.83. The summed E-state index contributed by atoms with van der Waals surface area (Å²) in [5.41, 5.74) is 2.03. The third-order valence-electron chi connectivity index (χ3n) is 3.16. The molecule has 0 bridgehead atoms. The van der Waals surface area contributed by atoms with E-state index < -0.39 is 8.56 Å². The molecule has 0 aliphatic heterocycles. The standard InChI is InChI=1S/C13H26N2O2Si/c1-4-16-18(3,17-5-2)10-6-9-15-13-8-7-12(14)11-13/h14H,4-11H2,1-3H3. The van der Waals surface area contributed by atoms with Crippen molar-refractivity contribution in [3.8, 4) is 0 Å². The van der Waals surface area contributed by atoms with Gasteiger partial charge in [0.2, 0.25) is 0 Å². The summed E-state index contributed by atoms with van der Waals surface area (Å²) in [4.78, 5) is 4.58. The first-order valence-electron chi connectivity index (χ1n) is 6.96. The van der Waals surface area contributed by atoms with Crippen LogP contribution in [0.5, 0.6) is 0 Å². The van der Waals surface area contributed by atoms with Crippen molar-refractivity contribution in [2.75, 3.05) is 19.8 Å². The Hall–Kier alpha value is -0.523. The van der Waals surface area contributed by atoms with Gasteiger partial charge in [0.1, 0.15) is 0 Å². The first-order valence-corrected chi connectivity index (χ1v) is 9.48. The number of aliphatic imine (C=N–C) groups is 1. The van der Waals surface area contributed by atoms with Crippen LogP contribution in [0.25, 0.3) is 0 Å². The zero-order chi connectivity index (χ0) is 13.4. The molecular weight excluding hydrogens is 244 g/mol. The summed E-state index contributed by atoms with van der Waals surface area (Å²) in [6.45, 7) is 8.50. The smallest absolute Gasteiger partial charge is 0.334 e. The average Bonchev–Trinajstić information content (AvgIpc) is 2.71. The van der Waals surface area contributed by atoms with Crippen LogP contribution in [0.2, 0.25) is 12.6 Å². The summed E-state index contributed by atoms with van der Waals surface area (Å²) in [7, 11) is -1.95. The van der Waals surface area contributed by atoms with E-state index in [1.807, 2.05) is 13.8 Å². The Labute approximate surface area is 112 Å². The Morgan fingerprint density at radius 1 is 1.22 bits per heavy atom. The topological polar surface area (TPSA) is 54.7 Å². The van der Waals surface area contributed by atoms with Crippen LogP contribution >= 0.6 is 0 Å². The van der Waals surface area contributed by atoms with E-state index in [4.69, 9.17) is 14.3 Å². The van der Waals surface area contributed by atoms with Gasteiger partial charge in [-0.3, -0.25) is 4.99 Å². The predicted molar refractivity (Wildman–Crippen MR) is 78.2 cm³/mol. The summed E-state index contributed by atoms with van der Waals surface area (Å²) in [5, 5.41) is 7.55. The van der Waals surface area contributed by atoms with Gasteiger partial charge in [-0.05, 0) is 45.7 Å². The molecule has 0 saturated heterocycles. The quantitative estimate of drug-likeness (QED) is 0.544. The molecule has 1 rings (SSSR count). The van der Waals surface area contributed by atoms with Crippen molar-refractivity contribution < 1.29 is 8.85 Å². The molecule has 0 radical (unpaired) electrons. The summed E-state index contributed by atoms with van der Waals surface area (Å²) in [5.74, 6) is 0. The molecular formula is C13H26N2O2Si. The molecule has 1 aliphatic rings. The predicted octanol–water partition coefficient (Wildman–Crippen LogP) is 3.17. The average molecular weight is 270 g/mol. The lowest BCUT2D eigenvalue weighted by molar-refractivity contribution is 0.188. The van der Waals surface area contributed by atoms with Gasteiger partial charge in [0.25, 0.3) is 0 Å². The molecule has 0 amide bonds. The summed E-state index contributed by atoms with van der Waals surface area (Å²) in [6.07, 6.45) is 3.72. The van der Waals surface area contributed by atoms with Crippen LogP contribution in [-0.4, -0.2) is 39.7 Å². The largest absolute Gasteiger partial charge is 0.395 e. The highest BCUT2D eigenvalue weighted by Crippen LogP contribution is 2.17. The number of nitrogens with zero attached hydrogens (tertiary/aromatic N) is 1. The zero-order valence-electron chi connectivity index (χ0n) is 11.9. The third kappa shape index (κ3) is 5.41. The lowest BCUT2D eigenvalue weighted by Crippen LogP contribution is -2.38. The van der Waals surface area contributed by atoms with Crippen molar-refractivity contribution in [3.05, 3.63) is 0 Å². The molecule has 0 spiro atoms. The summed E-state index contributed by atoms with van der Waals surface area (Å²) < 4.78 is 11.6. The second kappa shape index (κ2) is 7.81. The van der Waals surface area contributed by atoms with Gasteiger partial charge in [-0.1, -0.05) is 0 Å². The highest BCUT2D eigenvalue weighted by atomic mass is 28.4. The van der Waals surface area contributed by atoms with Crippen molar-refractivity contribution in [1.82, 2.24) is 0 Å². The normalized spacial score (nSPS) is 18.8. The minimum atomic E-state index is -1.95. The Bertz CT molecular complexity index is 299. The van der Waals surface area contributed by atoms with Crippen molar-refractivity contribution in [2.24, 2.45) is 4.99 Å². The number of hydrogen-bond donors (Lipinski definition) is 1. The molecule has 0 atom stereocenters. The maximum absolute atomic E-state index is 7.55. The molecule has 104 valence electrons. The lowest BCUT2D eigenvalue weighted by Gasteiger charge is -2.25. The Morgan fingerprint density at radius 2 is 1.89 bits per heavy atom. The van der Waals surface area contributed by atoms with E-state index in [1.54, 1.807) is 0 Å². The van der Waals surface area contributed by atoms with Crippen LogP contribution in [0.4, 0.5) is 0 Å². The number of rotatable bonds is 8. The van der Waals surface area contributed by atoms with Crippen LogP contribution in [0.3, 0.4) is 0 Å². The minimum Gasteiger partial charge on any atom is -0.395 e. The molecule has 0 aromatic rings. The molecule has 1 saturated carbocycles. The van der Waals surface area contributed by atoms with Crippen LogP contribution in [0.1, 0.15) is 39.5 Å². The molecule has 1 N–H and O–H groups in total. The molecule has 4 nitrogen and oxygen atoms in total. The molecule has 5 heteroatoms. The van der Waals surface area contributed by atoms with Crippen LogP contribution in [0.15, 0.2) is 4.99 Å². The molecule has 1 aliphatic carbocycles. The van der Waals surface area contributed by atoms with Gasteiger partial charge in [0.15, 0.2) is 0 Å². The summed E-state index contributed by atoms with van der Waals surface area (Å²) >= 11 is 0. The van der Waals surface area contributed by atoms with Crippen LogP contribution < -0.4 is 0 Å². The SMILES string of the molecule is CCO[Si](C)(CCCN=C1CCC(=N)C1)OCC. The van der Waals surface area contributed by atoms with Gasteiger partial charge in [-0.15, -0.1) is 0 Å². The van der Waals surface area contributed by atoms with Crippen LogP contribution in [-0.2, 0) is 8.85 Å². The fourth-order valence-corrected chi connectivity index (χ4v) is 4.68. The summed E-state index contributed by atoms with van der Waals surface area (Å²) in [6, 6.07) is 1.00. The minimum absolute atomic E-state index is 0.731. The van der Waals surface area contributed by atoms with Gasteiger partial charge in [0.05, 0.1) is 0 Å². The van der Waals surface area contributed by atoms with Crippen molar-refractivity contribution in [1.29, 1.82) is 5.41 Å². The molecule has 18 heavy (non-hydrogen) atoms. The Morgan fingerprint density at radius 3 is 2.39 bits per heavy atom. The van der Waals surface area contributed by atoms with E-state index in [0.29, 0.717) is 0 Å². The van der Waals surface area contributed by atoms with E-state index in [1.165, 1.54) is 5.71 Å². The highest BCUT2D eigenvalue weighted by Gasteiger charge is 2.29. The van der Waals surface area contributed by atoms with Crippen molar-refractivity contribution in [3.63, 3.8) is 0 Å². The maximum atomic E-state index is 7.55. The van der Waals surface area contributed by atoms with E-state index in [-0.39, 0.29) is 0 Å². The highest BCUT2D eigenvalue weighted by molar-refractivity contribution is 6.66. The Balaban J connectivity index is 2.28. The van der Waals surface area contributed by atoms with E-state index >= 15 is 0 Å². The van der Waals surface area contributed by atoms with Gasteiger partial charge in [0, 0.05) is 37.6 Å². The third-order valence-corrected chi connectivity index (χ3v) is 6.22. The monoisotopic (exact) mass is 270 g/mol. The fraction of sp³-hybridized carbons (Fsp3) is 0.846. The molecule has 0 unspecified atom stereocenters. The van der Waals surface area contributed by atoms with E-state index in [0.717, 1.165) is 57.2 Å². The molecule has 1 fully saturated rings. The first kappa shape index (κ1) is 15.5. The van der Waals surface area contributed by atoms with Gasteiger partial charge < -0.3 is 14.3 Å². The van der Waals surface area contributed by atoms with Crippen LogP contribution in [0, 0.1) is 5.41 Å². The van der Waals surface area contributed by atoms with E-state index in [9.17, 15) is 0 Å². The van der Waals surface area contributed by atoms with Crippen molar-refractivity contribution in [2.45, 2.75) is 52.1 Å². The van der Waals surface area contributed by atoms with Gasteiger partial charge in [-0.25, -0.2) is 0 Å². The molecule has 0 aromatic carbocycles. The van der Waals surface area contributed by atoms with Gasteiger partial charge in [-0.2, -0.15) is 0 Å².